The predicted octanol–water partition coefficient (Wildman–Crippen LogP) is -4.13. The van der Waals surface area contributed by atoms with Crippen LogP contribution in [0.15, 0.2) is 28.6 Å². The number of nitro groups is 1. The Hall–Kier alpha value is -2.07. The van der Waals surface area contributed by atoms with E-state index in [2.05, 4.69) is 10.6 Å². The molecule has 0 amide bonds. The van der Waals surface area contributed by atoms with Gasteiger partial charge in [0.25, 0.3) is 6.20 Å². The van der Waals surface area contributed by atoms with Crippen molar-refractivity contribution in [1.82, 2.24) is 10.6 Å². The van der Waals surface area contributed by atoms with Crippen LogP contribution in [0.2, 0.25) is 0 Å². The largest absolute Gasteiger partial charge is 1.00 e. The van der Waals surface area contributed by atoms with Crippen LogP contribution in [0, 0.1) is 10.1 Å². The number of aliphatic hydroxyl groups excluding tert-OH is 3. The van der Waals surface area contributed by atoms with Crippen molar-refractivity contribution in [3.63, 3.8) is 0 Å². The first-order valence-electron chi connectivity index (χ1n) is 10.1. The van der Waals surface area contributed by atoms with Crippen molar-refractivity contribution in [2.75, 3.05) is 33.4 Å². The number of hydrogen-bond donors (Lipinski definition) is 6. The molecule has 1 fully saturated rings. The molecule has 13 nitrogen and oxygen atoms in total. The minimum atomic E-state index is -1.74. The maximum atomic E-state index is 11.4. The van der Waals surface area contributed by atoms with E-state index in [-0.39, 0.29) is 23.4 Å². The number of rotatable bonds is 12. The molecule has 6 N–H and O–H groups in total. The van der Waals surface area contributed by atoms with E-state index in [1.165, 1.54) is 0 Å². The third-order valence-corrected chi connectivity index (χ3v) is 6.09. The van der Waals surface area contributed by atoms with Gasteiger partial charge in [0.15, 0.2) is 23.8 Å². The standard InChI is InChI=1S/C19H30N4O9S.ClH/c1-20-13(8-22(29)30)21-6-7-33-10-12-5-4-11(31-12)9-23(2,3)18-16(26)14(24)15(25)17(32-18)19(27)28;/h4-5,8,14-18,20-21,24-26H,6-7,9-10H2,1-3H3;1H. The molecule has 2 rings (SSSR count). The van der Waals surface area contributed by atoms with Crippen LogP contribution >= 0.6 is 11.8 Å². The summed E-state index contributed by atoms with van der Waals surface area (Å²) < 4.78 is 11.2. The Morgan fingerprint density at radius 2 is 1.88 bits per heavy atom. The average molecular weight is 527 g/mol. The number of carboxylic acids is 1. The van der Waals surface area contributed by atoms with Crippen LogP contribution in [0.5, 0.6) is 0 Å². The van der Waals surface area contributed by atoms with Crippen LogP contribution < -0.4 is 23.0 Å². The van der Waals surface area contributed by atoms with Gasteiger partial charge in [-0.1, -0.05) is 0 Å². The van der Waals surface area contributed by atoms with Crippen LogP contribution in [0.3, 0.4) is 0 Å². The molecule has 5 unspecified atom stereocenters. The topological polar surface area (TPSA) is 188 Å². The average Bonchev–Trinajstić information content (AvgIpc) is 3.16. The number of thioether (sulfide) groups is 1. The van der Waals surface area contributed by atoms with Crippen molar-refractivity contribution in [2.24, 2.45) is 0 Å². The number of furan rings is 1. The lowest BCUT2D eigenvalue weighted by Crippen LogP contribution is -3.00. The fourth-order valence-electron chi connectivity index (χ4n) is 3.45. The van der Waals surface area contributed by atoms with Gasteiger partial charge in [-0.15, -0.1) is 0 Å². The summed E-state index contributed by atoms with van der Waals surface area (Å²) >= 11 is 1.56. The number of aliphatic hydroxyl groups is 3. The Balaban J connectivity index is 0.00000578. The Morgan fingerprint density at radius 3 is 2.47 bits per heavy atom. The third kappa shape index (κ3) is 8.01. The summed E-state index contributed by atoms with van der Waals surface area (Å²) in [4.78, 5) is 21.3. The number of aliphatic carboxylic acids is 1. The van der Waals surface area contributed by atoms with Crippen molar-refractivity contribution >= 4 is 17.7 Å². The van der Waals surface area contributed by atoms with Crippen LogP contribution in [-0.2, 0) is 21.8 Å². The van der Waals surface area contributed by atoms with Gasteiger partial charge in [0.2, 0.25) is 6.23 Å². The van der Waals surface area contributed by atoms with Crippen LogP contribution in [0.25, 0.3) is 0 Å². The van der Waals surface area contributed by atoms with Crippen LogP contribution in [0.1, 0.15) is 11.5 Å². The first kappa shape index (κ1) is 30.0. The van der Waals surface area contributed by atoms with Gasteiger partial charge in [0, 0.05) is 19.3 Å². The molecule has 0 radical (unpaired) electrons. The van der Waals surface area contributed by atoms with Gasteiger partial charge in [-0.2, -0.15) is 11.8 Å². The fourth-order valence-corrected chi connectivity index (χ4v) is 4.20. The fraction of sp³-hybridized carbons (Fsp3) is 0.632. The molecule has 0 bridgehead atoms. The molecule has 0 aliphatic carbocycles. The van der Waals surface area contributed by atoms with Crippen molar-refractivity contribution < 1.29 is 56.2 Å². The summed E-state index contributed by atoms with van der Waals surface area (Å²) in [5.74, 6) is 1.40. The Labute approximate surface area is 206 Å². The number of quaternary nitrogens is 1. The highest BCUT2D eigenvalue weighted by atomic mass is 35.5. The Bertz CT molecular complexity index is 853. The zero-order valence-corrected chi connectivity index (χ0v) is 20.5. The predicted molar refractivity (Wildman–Crippen MR) is 117 cm³/mol. The van der Waals surface area contributed by atoms with E-state index in [9.17, 15) is 35.3 Å². The summed E-state index contributed by atoms with van der Waals surface area (Å²) in [5, 5.41) is 55.7. The second-order valence-electron chi connectivity index (χ2n) is 8.12. The number of halogens is 1. The molecule has 2 heterocycles. The molecule has 0 saturated carbocycles. The summed E-state index contributed by atoms with van der Waals surface area (Å²) in [6, 6.07) is 3.57. The smallest absolute Gasteiger partial charge is 0.335 e. The number of ether oxygens (including phenoxy) is 1. The molecule has 1 aliphatic rings. The summed E-state index contributed by atoms with van der Waals surface area (Å²) in [6.07, 6.45) is -6.80. The Kier molecular flexibility index (Phi) is 11.6. The van der Waals surface area contributed by atoms with Crippen LogP contribution in [0.4, 0.5) is 0 Å². The molecular weight excluding hydrogens is 496 g/mol. The van der Waals surface area contributed by atoms with E-state index >= 15 is 0 Å². The summed E-state index contributed by atoms with van der Waals surface area (Å²) in [5.41, 5.74) is 0. The highest BCUT2D eigenvalue weighted by Gasteiger charge is 2.53. The van der Waals surface area contributed by atoms with E-state index in [0.29, 0.717) is 35.4 Å². The Morgan fingerprint density at radius 1 is 1.24 bits per heavy atom. The molecule has 1 aromatic rings. The minimum absolute atomic E-state index is 0. The van der Waals surface area contributed by atoms with Gasteiger partial charge in [-0.25, -0.2) is 4.79 Å². The van der Waals surface area contributed by atoms with E-state index in [1.54, 1.807) is 45.0 Å². The van der Waals surface area contributed by atoms with Gasteiger partial charge in [-0.05, 0) is 12.1 Å². The quantitative estimate of drug-likeness (QED) is 0.0669. The number of nitrogens with zero attached hydrogens (tertiary/aromatic N) is 2. The summed E-state index contributed by atoms with van der Waals surface area (Å²) in [7, 11) is 4.97. The van der Waals surface area contributed by atoms with Gasteiger partial charge in [-0.3, -0.25) is 14.6 Å². The highest BCUT2D eigenvalue weighted by molar-refractivity contribution is 7.98. The lowest BCUT2D eigenvalue weighted by atomic mass is 9.96. The molecule has 34 heavy (non-hydrogen) atoms. The second kappa shape index (κ2) is 13.1. The molecule has 1 aromatic heterocycles. The molecule has 0 spiro atoms. The van der Waals surface area contributed by atoms with E-state index in [0.717, 1.165) is 6.20 Å². The molecule has 1 saturated heterocycles. The van der Waals surface area contributed by atoms with Crippen molar-refractivity contribution in [3.8, 4) is 0 Å². The van der Waals surface area contributed by atoms with Crippen molar-refractivity contribution in [1.29, 1.82) is 0 Å². The van der Waals surface area contributed by atoms with Gasteiger partial charge in [0.1, 0.15) is 24.5 Å². The van der Waals surface area contributed by atoms with Crippen molar-refractivity contribution in [2.45, 2.75) is 42.9 Å². The molecule has 1 aliphatic heterocycles. The normalized spacial score (nSPS) is 25.4. The van der Waals surface area contributed by atoms with E-state index in [4.69, 9.17) is 9.15 Å². The molecule has 5 atom stereocenters. The first-order valence-corrected chi connectivity index (χ1v) is 11.3. The van der Waals surface area contributed by atoms with E-state index in [1.807, 2.05) is 0 Å². The lowest BCUT2D eigenvalue weighted by Gasteiger charge is -2.45. The number of nitrogens with one attached hydrogen (secondary N) is 2. The summed E-state index contributed by atoms with van der Waals surface area (Å²) in [6.45, 7) is 0.749. The molecule has 194 valence electrons. The number of hydrogen-bond acceptors (Lipinski definition) is 11. The maximum Gasteiger partial charge on any atom is 0.335 e. The van der Waals surface area contributed by atoms with Crippen LogP contribution in [-0.4, -0.2) is 99.9 Å². The molecule has 15 heteroatoms. The van der Waals surface area contributed by atoms with E-state index < -0.39 is 41.5 Å². The zero-order valence-electron chi connectivity index (χ0n) is 19.0. The number of carbonyl (C=O) groups is 1. The maximum absolute atomic E-state index is 11.4. The zero-order chi connectivity index (χ0) is 24.8. The minimum Gasteiger partial charge on any atom is -1.00 e. The number of carboxylic acid groups (broad SMARTS) is 1. The lowest BCUT2D eigenvalue weighted by molar-refractivity contribution is -0.957. The van der Waals surface area contributed by atoms with Gasteiger partial charge in [0.05, 0.1) is 24.8 Å². The molecule has 0 aromatic carbocycles. The first-order chi connectivity index (χ1) is 15.5. The number of likely N-dealkylation sites (N-methyl/N-ethyl adjacent to an activating group) is 1. The highest BCUT2D eigenvalue weighted by Crippen LogP contribution is 2.29. The van der Waals surface area contributed by atoms with Gasteiger partial charge < -0.3 is 52.6 Å². The monoisotopic (exact) mass is 526 g/mol. The SMILES string of the molecule is CNC(=C[N+](=O)[O-])NCCSCc1ccc(C[N+](C)(C)C2OC(C(=O)O)C(O)C(O)C2O)o1.[Cl-]. The molecular formula is C19H31ClN4O9S. The van der Waals surface area contributed by atoms with Crippen molar-refractivity contribution in [3.05, 3.63) is 45.8 Å². The third-order valence-electron chi connectivity index (χ3n) is 5.11. The van der Waals surface area contributed by atoms with Gasteiger partial charge >= 0.3 is 5.97 Å². The second-order valence-corrected chi connectivity index (χ2v) is 9.22.